The lowest BCUT2D eigenvalue weighted by molar-refractivity contribution is 0.106. The van der Waals surface area contributed by atoms with Gasteiger partial charge in [-0.15, -0.1) is 0 Å². The van der Waals surface area contributed by atoms with Crippen molar-refractivity contribution in [2.45, 2.75) is 20.0 Å². The first kappa shape index (κ1) is 19.1. The zero-order valence-electron chi connectivity index (χ0n) is 15.7. The van der Waals surface area contributed by atoms with Gasteiger partial charge in [-0.3, -0.25) is 4.79 Å². The summed E-state index contributed by atoms with van der Waals surface area (Å²) in [4.78, 5) is 14.6. The van der Waals surface area contributed by atoms with Crippen molar-refractivity contribution in [1.29, 1.82) is 0 Å². The van der Waals surface area contributed by atoms with Crippen LogP contribution in [0.3, 0.4) is 0 Å². The van der Waals surface area contributed by atoms with E-state index in [1.54, 1.807) is 6.07 Å². The smallest absolute Gasteiger partial charge is 0.150 e. The minimum atomic E-state index is -0.582. The Morgan fingerprint density at radius 2 is 1.96 bits per heavy atom. The van der Waals surface area contributed by atoms with Crippen LogP contribution < -0.4 is 10.1 Å². The number of hydrogen-bond donors (Lipinski definition) is 3. The highest BCUT2D eigenvalue weighted by Gasteiger charge is 2.12. The molecule has 1 heterocycles. The second kappa shape index (κ2) is 8.84. The number of hydrogen-bond acceptors (Lipinski definition) is 4. The highest BCUT2D eigenvalue weighted by molar-refractivity contribution is 5.99. The first-order chi connectivity index (χ1) is 13.1. The van der Waals surface area contributed by atoms with Gasteiger partial charge in [-0.25, -0.2) is 0 Å². The Labute approximate surface area is 159 Å². The maximum atomic E-state index is 11.3. The molecule has 0 bridgehead atoms. The van der Waals surface area contributed by atoms with Gasteiger partial charge in [-0.05, 0) is 36.7 Å². The van der Waals surface area contributed by atoms with Crippen LogP contribution in [0.1, 0.15) is 24.2 Å². The predicted molar refractivity (Wildman–Crippen MR) is 108 cm³/mol. The maximum Gasteiger partial charge on any atom is 0.150 e. The van der Waals surface area contributed by atoms with Crippen LogP contribution in [-0.4, -0.2) is 42.2 Å². The molecule has 1 aromatic heterocycles. The number of ether oxygens (including phenoxy) is 1. The zero-order chi connectivity index (χ0) is 19.2. The molecule has 3 rings (SSSR count). The second-order valence-corrected chi connectivity index (χ2v) is 7.12. The Morgan fingerprint density at radius 3 is 2.74 bits per heavy atom. The van der Waals surface area contributed by atoms with Crippen LogP contribution >= 0.6 is 0 Å². The summed E-state index contributed by atoms with van der Waals surface area (Å²) in [6.07, 6.45) is 0.282. The molecule has 27 heavy (non-hydrogen) atoms. The van der Waals surface area contributed by atoms with E-state index in [-0.39, 0.29) is 6.61 Å². The summed E-state index contributed by atoms with van der Waals surface area (Å²) in [6.45, 7) is 5.82. The summed E-state index contributed by atoms with van der Waals surface area (Å²) in [5, 5.41) is 14.2. The van der Waals surface area contributed by atoms with Crippen LogP contribution in [0.2, 0.25) is 0 Å². The first-order valence-electron chi connectivity index (χ1n) is 9.26. The molecule has 142 valence electrons. The Kier molecular flexibility index (Phi) is 6.27. The minimum Gasteiger partial charge on any atom is -0.490 e. The van der Waals surface area contributed by atoms with E-state index in [1.165, 1.54) is 0 Å². The van der Waals surface area contributed by atoms with Crippen LogP contribution in [0.25, 0.3) is 22.2 Å². The molecule has 3 N–H and O–H groups in total. The number of aldehydes is 1. The Balaban J connectivity index is 1.75. The molecule has 0 aliphatic carbocycles. The van der Waals surface area contributed by atoms with E-state index in [4.69, 9.17) is 4.74 Å². The fourth-order valence-electron chi connectivity index (χ4n) is 3.03. The first-order valence-corrected chi connectivity index (χ1v) is 9.26. The fourth-order valence-corrected chi connectivity index (χ4v) is 3.03. The Morgan fingerprint density at radius 1 is 1.15 bits per heavy atom. The van der Waals surface area contributed by atoms with Gasteiger partial charge in [0.25, 0.3) is 0 Å². The number of carbonyl (C=O) groups excluding carboxylic acids is 1. The van der Waals surface area contributed by atoms with Crippen LogP contribution in [0, 0.1) is 5.92 Å². The Bertz CT molecular complexity index is 901. The van der Waals surface area contributed by atoms with E-state index in [2.05, 4.69) is 24.1 Å². The van der Waals surface area contributed by atoms with Crippen molar-refractivity contribution in [3.05, 3.63) is 54.1 Å². The number of H-pyrrole nitrogens is 1. The van der Waals surface area contributed by atoms with Crippen molar-refractivity contribution in [2.75, 3.05) is 19.7 Å². The number of fused-ring (bicyclic) bond motifs is 1. The molecule has 0 amide bonds. The van der Waals surface area contributed by atoms with Crippen molar-refractivity contribution in [2.24, 2.45) is 5.92 Å². The molecule has 0 spiro atoms. The lowest BCUT2D eigenvalue weighted by Gasteiger charge is -2.16. The van der Waals surface area contributed by atoms with Crippen LogP contribution in [0.15, 0.2) is 48.5 Å². The van der Waals surface area contributed by atoms with Crippen molar-refractivity contribution >= 4 is 17.2 Å². The van der Waals surface area contributed by atoms with Gasteiger partial charge < -0.3 is 20.1 Å². The lowest BCUT2D eigenvalue weighted by atomic mass is 10.1. The normalized spacial score (nSPS) is 12.4. The van der Waals surface area contributed by atoms with Crippen LogP contribution in [0.5, 0.6) is 5.75 Å². The highest BCUT2D eigenvalue weighted by Crippen LogP contribution is 2.32. The van der Waals surface area contributed by atoms with Gasteiger partial charge >= 0.3 is 0 Å². The van der Waals surface area contributed by atoms with Crippen LogP contribution in [-0.2, 0) is 0 Å². The fraction of sp³-hybridized carbons (Fsp3) is 0.318. The molecule has 0 radical (unpaired) electrons. The molecule has 1 atom stereocenters. The SMILES string of the molecule is CC(C)CNCC(O)COc1ccccc1-c1cc2c(C=O)cccc2[nH]1. The summed E-state index contributed by atoms with van der Waals surface area (Å²) in [5.41, 5.74) is 3.33. The number of para-hydroxylation sites is 1. The quantitative estimate of drug-likeness (QED) is 0.506. The number of rotatable bonds is 9. The third kappa shape index (κ3) is 4.76. The van der Waals surface area contributed by atoms with Gasteiger partial charge in [0, 0.05) is 28.6 Å². The summed E-state index contributed by atoms with van der Waals surface area (Å²) >= 11 is 0. The average molecular weight is 366 g/mol. The zero-order valence-corrected chi connectivity index (χ0v) is 15.7. The van der Waals surface area contributed by atoms with E-state index in [1.807, 2.05) is 42.5 Å². The van der Waals surface area contributed by atoms with Crippen molar-refractivity contribution in [3.63, 3.8) is 0 Å². The third-order valence-electron chi connectivity index (χ3n) is 4.37. The van der Waals surface area contributed by atoms with E-state index in [0.717, 1.165) is 35.0 Å². The molecule has 5 nitrogen and oxygen atoms in total. The molecule has 0 aliphatic rings. The van der Waals surface area contributed by atoms with E-state index >= 15 is 0 Å². The number of aliphatic hydroxyl groups excluding tert-OH is 1. The molecule has 0 saturated carbocycles. The van der Waals surface area contributed by atoms with Gasteiger partial charge in [0.15, 0.2) is 6.29 Å². The average Bonchev–Trinajstić information content (AvgIpc) is 3.10. The van der Waals surface area contributed by atoms with Gasteiger partial charge in [-0.2, -0.15) is 0 Å². The van der Waals surface area contributed by atoms with Gasteiger partial charge in [0.05, 0.1) is 5.69 Å². The molecular formula is C22H26N2O3. The molecule has 2 aromatic carbocycles. The topological polar surface area (TPSA) is 74.3 Å². The van der Waals surface area contributed by atoms with Crippen molar-refractivity contribution in [3.8, 4) is 17.0 Å². The molecule has 3 aromatic rings. The number of aromatic amines is 1. The van der Waals surface area contributed by atoms with E-state index in [0.29, 0.717) is 23.8 Å². The third-order valence-corrected chi connectivity index (χ3v) is 4.37. The summed E-state index contributed by atoms with van der Waals surface area (Å²) in [7, 11) is 0. The number of aromatic nitrogens is 1. The predicted octanol–water partition coefficient (Wildman–Crippen LogP) is 3.63. The van der Waals surface area contributed by atoms with Gasteiger partial charge in [-0.1, -0.05) is 38.1 Å². The standard InChI is InChI=1S/C22H26N2O3/c1-15(2)11-23-12-17(26)14-27-22-9-4-3-7-18(22)21-10-19-16(13-25)6-5-8-20(19)24-21/h3-10,13,15,17,23-24,26H,11-12,14H2,1-2H3. The van der Waals surface area contributed by atoms with E-state index in [9.17, 15) is 9.90 Å². The molecule has 0 saturated heterocycles. The molecule has 0 aliphatic heterocycles. The monoisotopic (exact) mass is 366 g/mol. The van der Waals surface area contributed by atoms with E-state index < -0.39 is 6.10 Å². The molecular weight excluding hydrogens is 340 g/mol. The Hall–Kier alpha value is -2.63. The van der Waals surface area contributed by atoms with Crippen molar-refractivity contribution < 1.29 is 14.6 Å². The molecule has 5 heteroatoms. The largest absolute Gasteiger partial charge is 0.490 e. The minimum absolute atomic E-state index is 0.210. The van der Waals surface area contributed by atoms with Gasteiger partial charge in [0.1, 0.15) is 18.5 Å². The second-order valence-electron chi connectivity index (χ2n) is 7.12. The highest BCUT2D eigenvalue weighted by atomic mass is 16.5. The number of nitrogens with one attached hydrogen (secondary N) is 2. The van der Waals surface area contributed by atoms with Crippen LogP contribution in [0.4, 0.5) is 0 Å². The van der Waals surface area contributed by atoms with Gasteiger partial charge in [0.2, 0.25) is 0 Å². The summed E-state index contributed by atoms with van der Waals surface area (Å²) < 4.78 is 5.88. The number of carbonyl (C=O) groups is 1. The number of aliphatic hydroxyl groups is 1. The van der Waals surface area contributed by atoms with Crippen molar-refractivity contribution in [1.82, 2.24) is 10.3 Å². The molecule has 0 fully saturated rings. The molecule has 1 unspecified atom stereocenters. The lowest BCUT2D eigenvalue weighted by Crippen LogP contribution is -2.33. The maximum absolute atomic E-state index is 11.3. The number of benzene rings is 2. The summed E-state index contributed by atoms with van der Waals surface area (Å²) in [6, 6.07) is 15.3. The summed E-state index contributed by atoms with van der Waals surface area (Å²) in [5.74, 6) is 1.23.